The predicted octanol–water partition coefficient (Wildman–Crippen LogP) is 1.44. The van der Waals surface area contributed by atoms with Gasteiger partial charge in [-0.25, -0.2) is 4.79 Å². The van der Waals surface area contributed by atoms with Gasteiger partial charge in [-0.3, -0.25) is 10.2 Å². The molecule has 0 unspecified atom stereocenters. The monoisotopic (exact) mass is 322 g/mol. The number of carbonyl (C=O) groups excluding carboxylic acids is 1. The number of rotatable bonds is 4. The Labute approximate surface area is 132 Å². The lowest BCUT2D eigenvalue weighted by Gasteiger charge is -2.33. The Bertz CT molecular complexity index is 606. The van der Waals surface area contributed by atoms with Crippen LogP contribution in [0.25, 0.3) is 0 Å². The van der Waals surface area contributed by atoms with Crippen LogP contribution in [0.2, 0.25) is 0 Å². The van der Waals surface area contributed by atoms with Crippen molar-refractivity contribution in [2.45, 2.75) is 19.9 Å². The molecule has 8 nitrogen and oxygen atoms in total. The number of nitrogens with zero attached hydrogens (tertiary/aromatic N) is 5. The van der Waals surface area contributed by atoms with Crippen LogP contribution in [-0.2, 0) is 13.0 Å². The van der Waals surface area contributed by atoms with Crippen LogP contribution >= 0.6 is 11.3 Å². The number of anilines is 1. The molecular weight excluding hydrogens is 304 g/mol. The van der Waals surface area contributed by atoms with Crippen molar-refractivity contribution in [3.05, 3.63) is 23.0 Å². The molecule has 3 heterocycles. The van der Waals surface area contributed by atoms with Gasteiger partial charge in [0.1, 0.15) is 11.3 Å². The summed E-state index contributed by atoms with van der Waals surface area (Å²) in [7, 11) is 0. The van der Waals surface area contributed by atoms with E-state index in [4.69, 9.17) is 4.52 Å². The standard InChI is InChI=1S/C13H18N6O2S/c1-2-11-15-16-12(22-11)14-13(20)19-6-4-18(5-7-19)9-10-3-8-21-17-10/h3,8H,2,4-7,9H2,1H3,(H,14,16,20). The van der Waals surface area contributed by atoms with E-state index in [1.54, 1.807) is 11.2 Å². The Morgan fingerprint density at radius 1 is 1.36 bits per heavy atom. The molecule has 0 aliphatic carbocycles. The number of nitrogens with one attached hydrogen (secondary N) is 1. The first kappa shape index (κ1) is 14.9. The zero-order valence-electron chi connectivity index (χ0n) is 12.4. The van der Waals surface area contributed by atoms with Crippen LogP contribution in [0.1, 0.15) is 17.6 Å². The van der Waals surface area contributed by atoms with Crippen molar-refractivity contribution in [1.29, 1.82) is 0 Å². The highest BCUT2D eigenvalue weighted by Crippen LogP contribution is 2.16. The summed E-state index contributed by atoms with van der Waals surface area (Å²) in [5.41, 5.74) is 0.916. The Hall–Kier alpha value is -2.00. The Kier molecular flexibility index (Phi) is 4.64. The van der Waals surface area contributed by atoms with Gasteiger partial charge in [0.05, 0.1) is 5.69 Å². The molecule has 1 aliphatic heterocycles. The second-order valence-electron chi connectivity index (χ2n) is 5.04. The minimum absolute atomic E-state index is 0.111. The summed E-state index contributed by atoms with van der Waals surface area (Å²) in [6.45, 7) is 5.77. The molecule has 22 heavy (non-hydrogen) atoms. The molecular formula is C13H18N6O2S. The summed E-state index contributed by atoms with van der Waals surface area (Å²) >= 11 is 1.42. The van der Waals surface area contributed by atoms with E-state index in [1.165, 1.54) is 11.3 Å². The van der Waals surface area contributed by atoms with E-state index in [-0.39, 0.29) is 6.03 Å². The Balaban J connectivity index is 1.47. The molecule has 1 saturated heterocycles. The maximum absolute atomic E-state index is 12.2. The first-order valence-corrected chi connectivity index (χ1v) is 8.06. The highest BCUT2D eigenvalue weighted by Gasteiger charge is 2.22. The van der Waals surface area contributed by atoms with Gasteiger partial charge >= 0.3 is 6.03 Å². The predicted molar refractivity (Wildman–Crippen MR) is 81.7 cm³/mol. The fourth-order valence-corrected chi connectivity index (χ4v) is 2.94. The largest absolute Gasteiger partial charge is 0.364 e. The average Bonchev–Trinajstić information content (AvgIpc) is 3.19. The maximum atomic E-state index is 12.2. The van der Waals surface area contributed by atoms with Gasteiger partial charge in [-0.2, -0.15) is 0 Å². The van der Waals surface area contributed by atoms with Gasteiger partial charge in [-0.15, -0.1) is 10.2 Å². The molecule has 2 aromatic rings. The summed E-state index contributed by atoms with van der Waals surface area (Å²) in [4.78, 5) is 16.2. The van der Waals surface area contributed by atoms with Crippen molar-refractivity contribution in [3.8, 4) is 0 Å². The number of urea groups is 1. The normalized spacial score (nSPS) is 16.0. The lowest BCUT2D eigenvalue weighted by molar-refractivity contribution is 0.141. The first-order chi connectivity index (χ1) is 10.7. The number of aromatic nitrogens is 3. The Morgan fingerprint density at radius 2 is 2.18 bits per heavy atom. The summed E-state index contributed by atoms with van der Waals surface area (Å²) < 4.78 is 4.83. The molecule has 1 N–H and O–H groups in total. The van der Waals surface area contributed by atoms with Crippen molar-refractivity contribution in [2.75, 3.05) is 31.5 Å². The molecule has 0 aromatic carbocycles. The van der Waals surface area contributed by atoms with Crippen LogP contribution in [0.15, 0.2) is 16.9 Å². The molecule has 2 aromatic heterocycles. The number of hydrogen-bond acceptors (Lipinski definition) is 7. The molecule has 118 valence electrons. The van der Waals surface area contributed by atoms with Crippen LogP contribution < -0.4 is 5.32 Å². The topological polar surface area (TPSA) is 87.4 Å². The van der Waals surface area contributed by atoms with E-state index in [0.717, 1.165) is 36.8 Å². The summed E-state index contributed by atoms with van der Waals surface area (Å²) in [5.74, 6) is 0. The molecule has 2 amide bonds. The lowest BCUT2D eigenvalue weighted by Crippen LogP contribution is -2.49. The fourth-order valence-electron chi connectivity index (χ4n) is 2.27. The molecule has 0 spiro atoms. The first-order valence-electron chi connectivity index (χ1n) is 7.24. The van der Waals surface area contributed by atoms with Gasteiger partial charge in [0, 0.05) is 38.8 Å². The Morgan fingerprint density at radius 3 is 2.82 bits per heavy atom. The average molecular weight is 322 g/mol. The summed E-state index contributed by atoms with van der Waals surface area (Å²) in [6.07, 6.45) is 2.40. The SMILES string of the molecule is CCc1nnc(NC(=O)N2CCN(Cc3ccon3)CC2)s1. The molecule has 0 radical (unpaired) electrons. The molecule has 3 rings (SSSR count). The molecule has 1 aliphatic rings. The van der Waals surface area contributed by atoms with Gasteiger partial charge in [-0.1, -0.05) is 23.4 Å². The zero-order chi connectivity index (χ0) is 15.4. The fraction of sp³-hybridized carbons (Fsp3) is 0.538. The lowest BCUT2D eigenvalue weighted by atomic mass is 10.3. The minimum atomic E-state index is -0.111. The molecule has 0 atom stereocenters. The van der Waals surface area contributed by atoms with Crippen LogP contribution in [-0.4, -0.2) is 57.4 Å². The van der Waals surface area contributed by atoms with E-state index >= 15 is 0 Å². The second-order valence-corrected chi connectivity index (χ2v) is 6.10. The second kappa shape index (κ2) is 6.84. The van der Waals surface area contributed by atoms with Crippen LogP contribution in [0.5, 0.6) is 0 Å². The number of aryl methyl sites for hydroxylation is 1. The van der Waals surface area contributed by atoms with E-state index < -0.39 is 0 Å². The van der Waals surface area contributed by atoms with Gasteiger partial charge in [0.25, 0.3) is 0 Å². The third-order valence-corrected chi connectivity index (χ3v) is 4.50. The highest BCUT2D eigenvalue weighted by molar-refractivity contribution is 7.15. The number of piperazine rings is 1. The van der Waals surface area contributed by atoms with E-state index in [9.17, 15) is 4.79 Å². The summed E-state index contributed by atoms with van der Waals surface area (Å²) in [5, 5.41) is 16.2. The zero-order valence-corrected chi connectivity index (χ0v) is 13.2. The van der Waals surface area contributed by atoms with Gasteiger partial charge < -0.3 is 9.42 Å². The van der Waals surface area contributed by atoms with E-state index in [1.807, 2.05) is 13.0 Å². The third kappa shape index (κ3) is 3.60. The van der Waals surface area contributed by atoms with Crippen LogP contribution in [0.4, 0.5) is 9.93 Å². The quantitative estimate of drug-likeness (QED) is 0.916. The number of carbonyl (C=O) groups is 1. The smallest absolute Gasteiger partial charge is 0.323 e. The van der Waals surface area contributed by atoms with E-state index in [2.05, 4.69) is 25.6 Å². The van der Waals surface area contributed by atoms with Gasteiger partial charge in [0.2, 0.25) is 5.13 Å². The van der Waals surface area contributed by atoms with Crippen molar-refractivity contribution in [3.63, 3.8) is 0 Å². The minimum Gasteiger partial charge on any atom is -0.364 e. The molecule has 9 heteroatoms. The third-order valence-electron chi connectivity index (χ3n) is 3.52. The number of hydrogen-bond donors (Lipinski definition) is 1. The molecule has 1 fully saturated rings. The number of amides is 2. The van der Waals surface area contributed by atoms with Crippen molar-refractivity contribution in [2.24, 2.45) is 0 Å². The highest BCUT2D eigenvalue weighted by atomic mass is 32.1. The van der Waals surface area contributed by atoms with Crippen molar-refractivity contribution in [1.82, 2.24) is 25.2 Å². The van der Waals surface area contributed by atoms with Crippen molar-refractivity contribution < 1.29 is 9.32 Å². The van der Waals surface area contributed by atoms with Crippen LogP contribution in [0.3, 0.4) is 0 Å². The maximum Gasteiger partial charge on any atom is 0.323 e. The van der Waals surface area contributed by atoms with Crippen LogP contribution in [0, 0.1) is 0 Å². The van der Waals surface area contributed by atoms with Crippen molar-refractivity contribution >= 4 is 22.5 Å². The summed E-state index contributed by atoms with van der Waals surface area (Å²) in [6, 6.07) is 1.75. The molecule has 0 bridgehead atoms. The molecule has 0 saturated carbocycles. The van der Waals surface area contributed by atoms with Gasteiger partial charge in [-0.05, 0) is 6.42 Å². The van der Waals surface area contributed by atoms with E-state index in [0.29, 0.717) is 18.2 Å². The van der Waals surface area contributed by atoms with Gasteiger partial charge in [0.15, 0.2) is 0 Å².